The Bertz CT molecular complexity index is 244. The van der Waals surface area contributed by atoms with Crippen molar-refractivity contribution in [2.45, 2.75) is 51.2 Å². The highest BCUT2D eigenvalue weighted by Gasteiger charge is 2.26. The lowest BCUT2D eigenvalue weighted by Gasteiger charge is -2.40. The van der Waals surface area contributed by atoms with Gasteiger partial charge >= 0.3 is 0 Å². The van der Waals surface area contributed by atoms with Gasteiger partial charge in [-0.3, -0.25) is 4.90 Å². The van der Waals surface area contributed by atoms with Gasteiger partial charge < -0.3 is 10.1 Å². The number of nitrogens with zero attached hydrogens (tertiary/aromatic N) is 1. The van der Waals surface area contributed by atoms with Gasteiger partial charge in [0.1, 0.15) is 0 Å². The number of halogens is 1. The van der Waals surface area contributed by atoms with Gasteiger partial charge in [-0.25, -0.2) is 4.39 Å². The molecule has 112 valence electrons. The van der Waals surface area contributed by atoms with Crippen LogP contribution in [0.2, 0.25) is 0 Å². The molecule has 0 bridgehead atoms. The predicted molar refractivity (Wildman–Crippen MR) is 76.2 cm³/mol. The van der Waals surface area contributed by atoms with Crippen molar-refractivity contribution < 1.29 is 9.13 Å². The Morgan fingerprint density at radius 1 is 1.32 bits per heavy atom. The van der Waals surface area contributed by atoms with Crippen LogP contribution in [0.15, 0.2) is 0 Å². The van der Waals surface area contributed by atoms with Gasteiger partial charge in [-0.2, -0.15) is 0 Å². The Morgan fingerprint density at radius 2 is 2.11 bits per heavy atom. The number of nitrogens with one attached hydrogen (secondary N) is 1. The summed E-state index contributed by atoms with van der Waals surface area (Å²) >= 11 is 0. The van der Waals surface area contributed by atoms with Crippen LogP contribution in [0.25, 0.3) is 0 Å². The maximum absolute atomic E-state index is 12.7. The van der Waals surface area contributed by atoms with Crippen LogP contribution in [0.5, 0.6) is 0 Å². The Labute approximate surface area is 116 Å². The summed E-state index contributed by atoms with van der Waals surface area (Å²) in [5, 5.41) is 3.43. The van der Waals surface area contributed by atoms with Crippen molar-refractivity contribution in [3.63, 3.8) is 0 Å². The van der Waals surface area contributed by atoms with Crippen LogP contribution in [0.1, 0.15) is 39.0 Å². The molecule has 0 aromatic rings. The first-order chi connectivity index (χ1) is 9.25. The molecule has 2 heterocycles. The van der Waals surface area contributed by atoms with Crippen molar-refractivity contribution >= 4 is 0 Å². The van der Waals surface area contributed by atoms with Gasteiger partial charge in [0.15, 0.2) is 0 Å². The highest BCUT2D eigenvalue weighted by atomic mass is 19.1. The quantitative estimate of drug-likeness (QED) is 0.750. The van der Waals surface area contributed by atoms with E-state index in [1.165, 1.54) is 38.8 Å². The lowest BCUT2D eigenvalue weighted by molar-refractivity contribution is 0.0346. The summed E-state index contributed by atoms with van der Waals surface area (Å²) in [5.41, 5.74) is 0. The number of likely N-dealkylation sites (tertiary alicyclic amines) is 1. The monoisotopic (exact) mass is 272 g/mol. The summed E-state index contributed by atoms with van der Waals surface area (Å²) in [6, 6.07) is 0.773. The molecule has 0 spiro atoms. The Kier molecular flexibility index (Phi) is 6.54. The standard InChI is InChI=1S/C15H29FN2O/c1-13(16)6-10-19-12-14-3-2-9-18(11-14)15-4-7-17-8-5-15/h13-15,17H,2-12H2,1H3. The van der Waals surface area contributed by atoms with E-state index in [1.807, 2.05) is 0 Å². The predicted octanol–water partition coefficient (Wildman–Crippen LogP) is 2.22. The molecule has 19 heavy (non-hydrogen) atoms. The van der Waals surface area contributed by atoms with Gasteiger partial charge in [0.2, 0.25) is 0 Å². The Morgan fingerprint density at radius 3 is 2.84 bits per heavy atom. The minimum absolute atomic E-state index is 0.532. The number of alkyl halides is 1. The minimum atomic E-state index is -0.738. The maximum atomic E-state index is 12.7. The molecule has 1 N–H and O–H groups in total. The van der Waals surface area contributed by atoms with E-state index in [1.54, 1.807) is 6.92 Å². The van der Waals surface area contributed by atoms with Gasteiger partial charge in [0, 0.05) is 25.6 Å². The normalized spacial score (nSPS) is 28.4. The van der Waals surface area contributed by atoms with E-state index in [0.717, 1.165) is 25.7 Å². The summed E-state index contributed by atoms with van der Waals surface area (Å²) in [7, 11) is 0. The van der Waals surface area contributed by atoms with E-state index in [9.17, 15) is 4.39 Å². The summed E-state index contributed by atoms with van der Waals surface area (Å²) in [5.74, 6) is 0.651. The number of hydrogen-bond donors (Lipinski definition) is 1. The molecule has 2 aliphatic rings. The minimum Gasteiger partial charge on any atom is -0.381 e. The van der Waals surface area contributed by atoms with Gasteiger partial charge in [-0.1, -0.05) is 0 Å². The van der Waals surface area contributed by atoms with E-state index in [4.69, 9.17) is 4.74 Å². The average Bonchev–Trinajstić information content (AvgIpc) is 2.45. The molecule has 0 aromatic carbocycles. The molecule has 3 nitrogen and oxygen atoms in total. The van der Waals surface area contributed by atoms with Gasteiger partial charge in [0.05, 0.1) is 12.8 Å². The van der Waals surface area contributed by atoms with E-state index in [0.29, 0.717) is 18.9 Å². The number of rotatable bonds is 6. The van der Waals surface area contributed by atoms with Gasteiger partial charge in [0.25, 0.3) is 0 Å². The second kappa shape index (κ2) is 8.18. The number of piperidine rings is 2. The van der Waals surface area contributed by atoms with Crippen LogP contribution in [0.3, 0.4) is 0 Å². The SMILES string of the molecule is CC(F)CCOCC1CCCN(C2CCNCC2)C1. The zero-order valence-corrected chi connectivity index (χ0v) is 12.2. The summed E-state index contributed by atoms with van der Waals surface area (Å²) in [6.45, 7) is 7.74. The van der Waals surface area contributed by atoms with Crippen molar-refractivity contribution in [1.82, 2.24) is 10.2 Å². The molecule has 0 saturated carbocycles. The molecule has 4 heteroatoms. The molecule has 2 aliphatic heterocycles. The molecular weight excluding hydrogens is 243 g/mol. The van der Waals surface area contributed by atoms with Gasteiger partial charge in [-0.05, 0) is 58.2 Å². The van der Waals surface area contributed by atoms with E-state index >= 15 is 0 Å². The van der Waals surface area contributed by atoms with Crippen LogP contribution >= 0.6 is 0 Å². The molecule has 2 rings (SSSR count). The topological polar surface area (TPSA) is 24.5 Å². The summed E-state index contributed by atoms with van der Waals surface area (Å²) in [6.07, 6.45) is 4.92. The van der Waals surface area contributed by atoms with Crippen LogP contribution in [0, 0.1) is 5.92 Å². The molecule has 2 saturated heterocycles. The Balaban J connectivity index is 1.65. The Hall–Kier alpha value is -0.190. The highest BCUT2D eigenvalue weighted by Crippen LogP contribution is 2.22. The smallest absolute Gasteiger partial charge is 0.0995 e. The number of ether oxygens (including phenoxy) is 1. The molecule has 0 radical (unpaired) electrons. The molecule has 0 amide bonds. The van der Waals surface area contributed by atoms with Crippen molar-refractivity contribution in [3.8, 4) is 0 Å². The van der Waals surface area contributed by atoms with Gasteiger partial charge in [-0.15, -0.1) is 0 Å². The van der Waals surface area contributed by atoms with E-state index < -0.39 is 6.17 Å². The first-order valence-corrected chi connectivity index (χ1v) is 7.92. The average molecular weight is 272 g/mol. The molecule has 0 aliphatic carbocycles. The first-order valence-electron chi connectivity index (χ1n) is 7.92. The van der Waals surface area contributed by atoms with Crippen molar-refractivity contribution in [2.75, 3.05) is 39.4 Å². The lowest BCUT2D eigenvalue weighted by Crippen LogP contribution is -2.48. The summed E-state index contributed by atoms with van der Waals surface area (Å²) in [4.78, 5) is 2.66. The molecule has 0 aromatic heterocycles. The zero-order valence-electron chi connectivity index (χ0n) is 12.2. The van der Waals surface area contributed by atoms with Crippen LogP contribution in [-0.2, 0) is 4.74 Å². The largest absolute Gasteiger partial charge is 0.381 e. The van der Waals surface area contributed by atoms with Crippen LogP contribution in [-0.4, -0.2) is 56.5 Å². The fraction of sp³-hybridized carbons (Fsp3) is 1.00. The fourth-order valence-corrected chi connectivity index (χ4v) is 3.23. The maximum Gasteiger partial charge on any atom is 0.0995 e. The van der Waals surface area contributed by atoms with E-state index in [-0.39, 0.29) is 0 Å². The molecule has 2 unspecified atom stereocenters. The third kappa shape index (κ3) is 5.36. The third-order valence-corrected chi connectivity index (χ3v) is 4.39. The first kappa shape index (κ1) is 15.2. The van der Waals surface area contributed by atoms with Crippen LogP contribution in [0.4, 0.5) is 4.39 Å². The second-order valence-electron chi connectivity index (χ2n) is 6.13. The van der Waals surface area contributed by atoms with Crippen LogP contribution < -0.4 is 5.32 Å². The summed E-state index contributed by atoms with van der Waals surface area (Å²) < 4.78 is 18.3. The number of hydrogen-bond acceptors (Lipinski definition) is 3. The lowest BCUT2D eigenvalue weighted by atomic mass is 9.95. The third-order valence-electron chi connectivity index (χ3n) is 4.39. The van der Waals surface area contributed by atoms with E-state index in [2.05, 4.69) is 10.2 Å². The fourth-order valence-electron chi connectivity index (χ4n) is 3.23. The molecule has 2 atom stereocenters. The van der Waals surface area contributed by atoms with Crippen molar-refractivity contribution in [2.24, 2.45) is 5.92 Å². The molecular formula is C15H29FN2O. The zero-order chi connectivity index (χ0) is 13.5. The van der Waals surface area contributed by atoms with Crippen molar-refractivity contribution in [3.05, 3.63) is 0 Å². The van der Waals surface area contributed by atoms with Crippen molar-refractivity contribution in [1.29, 1.82) is 0 Å². The highest BCUT2D eigenvalue weighted by molar-refractivity contribution is 4.82. The molecule has 2 fully saturated rings. The second-order valence-corrected chi connectivity index (χ2v) is 6.13.